The first kappa shape index (κ1) is 14.7. The predicted octanol–water partition coefficient (Wildman–Crippen LogP) is 1.28. The van der Waals surface area contributed by atoms with Gasteiger partial charge in [0, 0.05) is 12.2 Å². The molecule has 1 unspecified atom stereocenters. The fourth-order valence-electron chi connectivity index (χ4n) is 1.88. The Balaban J connectivity index is 2.04. The Morgan fingerprint density at radius 1 is 1.52 bits per heavy atom. The van der Waals surface area contributed by atoms with Gasteiger partial charge in [-0.2, -0.15) is 5.26 Å². The van der Waals surface area contributed by atoms with Gasteiger partial charge in [0.1, 0.15) is 5.82 Å². The summed E-state index contributed by atoms with van der Waals surface area (Å²) in [4.78, 5) is 24.0. The maximum atomic E-state index is 13.5. The zero-order valence-electron chi connectivity index (χ0n) is 10.9. The molecule has 0 aromatic heterocycles. The van der Waals surface area contributed by atoms with Gasteiger partial charge < -0.3 is 20.1 Å². The van der Waals surface area contributed by atoms with Crippen LogP contribution in [0.2, 0.25) is 0 Å². The van der Waals surface area contributed by atoms with Crippen molar-refractivity contribution in [1.29, 1.82) is 5.26 Å². The van der Waals surface area contributed by atoms with E-state index in [1.54, 1.807) is 0 Å². The minimum absolute atomic E-state index is 0.123. The first-order valence-corrected chi connectivity index (χ1v) is 6.11. The monoisotopic (exact) mass is 293 g/mol. The number of nitrogens with one attached hydrogen (secondary N) is 1. The third-order valence-corrected chi connectivity index (χ3v) is 2.95. The molecule has 7 nitrogen and oxygen atoms in total. The Kier molecular flexibility index (Phi) is 4.35. The van der Waals surface area contributed by atoms with Crippen LogP contribution in [0, 0.1) is 17.1 Å². The number of nitrogens with zero attached hydrogens (tertiary/aromatic N) is 2. The van der Waals surface area contributed by atoms with E-state index in [2.05, 4.69) is 5.32 Å². The average molecular weight is 293 g/mol. The number of carbonyl (C=O) groups is 2. The summed E-state index contributed by atoms with van der Waals surface area (Å²) >= 11 is 0. The lowest BCUT2D eigenvalue weighted by molar-refractivity contribution is 0.0181. The van der Waals surface area contributed by atoms with Gasteiger partial charge in [-0.1, -0.05) is 0 Å². The van der Waals surface area contributed by atoms with Crippen molar-refractivity contribution < 1.29 is 23.8 Å². The van der Waals surface area contributed by atoms with Gasteiger partial charge in [0.05, 0.1) is 24.8 Å². The number of carbonyl (C=O) groups excluding carboxylic acids is 1. The highest BCUT2D eigenvalue weighted by molar-refractivity contribution is 5.91. The van der Waals surface area contributed by atoms with Crippen LogP contribution in [-0.2, 0) is 4.74 Å². The number of rotatable bonds is 2. The SMILES string of the molecule is N#CC1CN(C(=O)Nc2ccc(C(=O)O)c(F)c2)CCO1. The molecule has 2 rings (SSSR count). The van der Waals surface area contributed by atoms with E-state index in [1.807, 2.05) is 6.07 Å². The minimum Gasteiger partial charge on any atom is -0.478 e. The lowest BCUT2D eigenvalue weighted by Crippen LogP contribution is -2.46. The fourth-order valence-corrected chi connectivity index (χ4v) is 1.88. The number of carboxylic acids is 1. The van der Waals surface area contributed by atoms with Gasteiger partial charge in [-0.25, -0.2) is 14.0 Å². The summed E-state index contributed by atoms with van der Waals surface area (Å²) in [5.74, 6) is -2.31. The maximum Gasteiger partial charge on any atom is 0.338 e. The molecule has 0 spiro atoms. The molecule has 1 heterocycles. The second-order valence-corrected chi connectivity index (χ2v) is 4.36. The normalized spacial score (nSPS) is 17.9. The number of halogens is 1. The van der Waals surface area contributed by atoms with Crippen molar-refractivity contribution in [3.8, 4) is 6.07 Å². The smallest absolute Gasteiger partial charge is 0.338 e. The molecule has 1 aliphatic heterocycles. The Hall–Kier alpha value is -2.66. The van der Waals surface area contributed by atoms with Crippen LogP contribution in [0.15, 0.2) is 18.2 Å². The van der Waals surface area contributed by atoms with Crippen molar-refractivity contribution in [2.45, 2.75) is 6.10 Å². The van der Waals surface area contributed by atoms with Crippen LogP contribution in [0.4, 0.5) is 14.9 Å². The van der Waals surface area contributed by atoms with Gasteiger partial charge in [-0.05, 0) is 18.2 Å². The second kappa shape index (κ2) is 6.19. The van der Waals surface area contributed by atoms with E-state index in [4.69, 9.17) is 15.1 Å². The molecule has 0 radical (unpaired) electrons. The molecule has 2 amide bonds. The molecule has 1 saturated heterocycles. The first-order chi connectivity index (χ1) is 10.0. The number of benzene rings is 1. The third kappa shape index (κ3) is 3.46. The summed E-state index contributed by atoms with van der Waals surface area (Å²) < 4.78 is 18.6. The molecule has 0 bridgehead atoms. The number of urea groups is 1. The number of aromatic carboxylic acids is 1. The standard InChI is InChI=1S/C13H12FN3O4/c14-11-5-8(1-2-10(11)12(18)19)16-13(20)17-3-4-21-9(6-15)7-17/h1-2,5,9H,3-4,7H2,(H,16,20)(H,18,19). The van der Waals surface area contributed by atoms with Crippen molar-refractivity contribution in [2.24, 2.45) is 0 Å². The lowest BCUT2D eigenvalue weighted by atomic mass is 10.2. The van der Waals surface area contributed by atoms with Crippen molar-refractivity contribution in [3.05, 3.63) is 29.6 Å². The molecule has 2 N–H and O–H groups in total. The maximum absolute atomic E-state index is 13.5. The third-order valence-electron chi connectivity index (χ3n) is 2.95. The Morgan fingerprint density at radius 2 is 2.29 bits per heavy atom. The van der Waals surface area contributed by atoms with E-state index in [9.17, 15) is 14.0 Å². The number of amides is 2. The molecule has 8 heteroatoms. The number of hydrogen-bond acceptors (Lipinski definition) is 4. The zero-order chi connectivity index (χ0) is 15.4. The Labute approximate surface area is 119 Å². The average Bonchev–Trinajstić information content (AvgIpc) is 2.47. The predicted molar refractivity (Wildman–Crippen MR) is 69.3 cm³/mol. The number of anilines is 1. The molecule has 110 valence electrons. The summed E-state index contributed by atoms with van der Waals surface area (Å²) in [7, 11) is 0. The second-order valence-electron chi connectivity index (χ2n) is 4.36. The van der Waals surface area contributed by atoms with E-state index in [1.165, 1.54) is 11.0 Å². The molecule has 21 heavy (non-hydrogen) atoms. The number of morpholine rings is 1. The first-order valence-electron chi connectivity index (χ1n) is 6.11. The minimum atomic E-state index is -1.38. The fraction of sp³-hybridized carbons (Fsp3) is 0.308. The van der Waals surface area contributed by atoms with Crippen LogP contribution in [0.25, 0.3) is 0 Å². The summed E-state index contributed by atoms with van der Waals surface area (Å²) in [5.41, 5.74) is -0.327. The van der Waals surface area contributed by atoms with Crippen molar-refractivity contribution in [3.63, 3.8) is 0 Å². The molecular formula is C13H12FN3O4. The Bertz CT molecular complexity index is 614. The van der Waals surface area contributed by atoms with Crippen molar-refractivity contribution in [1.82, 2.24) is 4.90 Å². The number of hydrogen-bond donors (Lipinski definition) is 2. The van der Waals surface area contributed by atoms with E-state index < -0.39 is 29.5 Å². The van der Waals surface area contributed by atoms with Crippen molar-refractivity contribution in [2.75, 3.05) is 25.0 Å². The topological polar surface area (TPSA) is 103 Å². The van der Waals surface area contributed by atoms with Crippen LogP contribution in [0.3, 0.4) is 0 Å². The number of ether oxygens (including phenoxy) is 1. The lowest BCUT2D eigenvalue weighted by Gasteiger charge is -2.29. The van der Waals surface area contributed by atoms with Crippen molar-refractivity contribution >= 4 is 17.7 Å². The molecule has 1 aromatic carbocycles. The van der Waals surface area contributed by atoms with Gasteiger partial charge in [0.2, 0.25) is 0 Å². The van der Waals surface area contributed by atoms with E-state index >= 15 is 0 Å². The van der Waals surface area contributed by atoms with Crippen LogP contribution in [-0.4, -0.2) is 47.8 Å². The number of nitriles is 1. The quantitative estimate of drug-likeness (QED) is 0.855. The highest BCUT2D eigenvalue weighted by Crippen LogP contribution is 2.16. The van der Waals surface area contributed by atoms with Crippen LogP contribution >= 0.6 is 0 Å². The van der Waals surface area contributed by atoms with Crippen LogP contribution < -0.4 is 5.32 Å². The van der Waals surface area contributed by atoms with E-state index in [0.717, 1.165) is 12.1 Å². The van der Waals surface area contributed by atoms with E-state index in [0.29, 0.717) is 6.54 Å². The van der Waals surface area contributed by atoms with Crippen LogP contribution in [0.1, 0.15) is 10.4 Å². The molecular weight excluding hydrogens is 281 g/mol. The van der Waals surface area contributed by atoms with Gasteiger partial charge in [0.15, 0.2) is 6.10 Å². The number of carboxylic acid groups (broad SMARTS) is 1. The van der Waals surface area contributed by atoms with Crippen LogP contribution in [0.5, 0.6) is 0 Å². The zero-order valence-corrected chi connectivity index (χ0v) is 10.9. The molecule has 0 aliphatic carbocycles. The molecule has 1 atom stereocenters. The molecule has 1 fully saturated rings. The highest BCUT2D eigenvalue weighted by atomic mass is 19.1. The van der Waals surface area contributed by atoms with Gasteiger partial charge in [-0.15, -0.1) is 0 Å². The van der Waals surface area contributed by atoms with Gasteiger partial charge in [0.25, 0.3) is 0 Å². The summed E-state index contributed by atoms with van der Waals surface area (Å²) in [6.07, 6.45) is -0.685. The molecule has 1 aliphatic rings. The summed E-state index contributed by atoms with van der Waals surface area (Å²) in [5, 5.41) is 19.9. The molecule has 0 saturated carbocycles. The highest BCUT2D eigenvalue weighted by Gasteiger charge is 2.24. The Morgan fingerprint density at radius 3 is 2.90 bits per heavy atom. The van der Waals surface area contributed by atoms with Gasteiger partial charge in [-0.3, -0.25) is 0 Å². The van der Waals surface area contributed by atoms with E-state index in [-0.39, 0.29) is 18.8 Å². The summed E-state index contributed by atoms with van der Waals surface area (Å²) in [6.45, 7) is 0.690. The summed E-state index contributed by atoms with van der Waals surface area (Å²) in [6, 6.07) is 4.72. The molecule has 1 aromatic rings. The van der Waals surface area contributed by atoms with Gasteiger partial charge >= 0.3 is 12.0 Å². The largest absolute Gasteiger partial charge is 0.478 e.